The number of amides is 3. The van der Waals surface area contributed by atoms with Crippen molar-refractivity contribution in [2.75, 3.05) is 50.8 Å². The van der Waals surface area contributed by atoms with Gasteiger partial charge in [-0.15, -0.1) is 23.1 Å². The van der Waals surface area contributed by atoms with Crippen LogP contribution in [-0.4, -0.2) is 127 Å². The Labute approximate surface area is 285 Å². The van der Waals surface area contributed by atoms with E-state index in [9.17, 15) is 39.3 Å². The number of nitrogens with two attached hydrogens (primary N) is 1. The highest BCUT2D eigenvalue weighted by molar-refractivity contribution is 8.00. The maximum Gasteiger partial charge on any atom is 0.352 e. The number of halogens is 1. The van der Waals surface area contributed by atoms with Crippen LogP contribution in [0.15, 0.2) is 33.9 Å². The fraction of sp³-hybridized carbons (Fsp3) is 0.393. The number of hydrogen-bond acceptors (Lipinski definition) is 13. The summed E-state index contributed by atoms with van der Waals surface area (Å²) in [4.78, 5) is 72.6. The third-order valence-corrected chi connectivity index (χ3v) is 10.5. The molecule has 17 nitrogen and oxygen atoms in total. The van der Waals surface area contributed by atoms with E-state index in [4.69, 9.17) is 27.3 Å². The van der Waals surface area contributed by atoms with E-state index in [2.05, 4.69) is 20.8 Å². The van der Waals surface area contributed by atoms with Gasteiger partial charge in [-0.05, 0) is 12.1 Å². The number of aliphatic carboxylic acids is 2. The second-order valence-electron chi connectivity index (χ2n) is 11.2. The van der Waals surface area contributed by atoms with Crippen molar-refractivity contribution in [3.05, 3.63) is 45.1 Å². The van der Waals surface area contributed by atoms with Gasteiger partial charge in [0.05, 0.1) is 36.8 Å². The van der Waals surface area contributed by atoms with E-state index in [1.165, 1.54) is 23.2 Å². The summed E-state index contributed by atoms with van der Waals surface area (Å²) in [5.74, 6) is -5.48. The number of likely N-dealkylation sites (tertiary alicyclic amines) is 1. The smallest absolute Gasteiger partial charge is 0.352 e. The van der Waals surface area contributed by atoms with Crippen molar-refractivity contribution in [1.82, 2.24) is 20.5 Å². The molecule has 2 aromatic rings. The number of nitrogen functional groups attached to an aromatic ring is 1. The molecule has 1 aromatic carbocycles. The number of nitrogens with zero attached hydrogens (tertiary/aromatic N) is 4. The van der Waals surface area contributed by atoms with Crippen LogP contribution in [0.4, 0.5) is 5.13 Å². The van der Waals surface area contributed by atoms with Gasteiger partial charge < -0.3 is 46.1 Å². The SMILES string of the molecule is Nc1nc(/C(=N/OCC(=O)O)C(=O)NC2C(=O)N3C(C(=O)O)=C(C[N+]4(CCNC(=O)c5ccc(O)c(O)c5Cl)CCCC4)CSC23)cs1. The number of thioether (sulfide) groups is 1. The van der Waals surface area contributed by atoms with Crippen LogP contribution in [0.1, 0.15) is 28.9 Å². The largest absolute Gasteiger partial charge is 0.504 e. The summed E-state index contributed by atoms with van der Waals surface area (Å²) >= 11 is 8.32. The highest BCUT2D eigenvalue weighted by atomic mass is 35.5. The highest BCUT2D eigenvalue weighted by Gasteiger charge is 2.55. The Hall–Kier alpha value is -4.59. The molecule has 0 saturated carbocycles. The molecular formula is C28H31ClN7O10S2+. The number of aromatic nitrogens is 1. The summed E-state index contributed by atoms with van der Waals surface area (Å²) in [7, 11) is 0. The van der Waals surface area contributed by atoms with Crippen molar-refractivity contribution in [1.29, 1.82) is 0 Å². The van der Waals surface area contributed by atoms with Crippen molar-refractivity contribution in [2.24, 2.45) is 5.16 Å². The molecule has 0 radical (unpaired) electrons. The molecule has 5 rings (SSSR count). The van der Waals surface area contributed by atoms with Gasteiger partial charge in [0.15, 0.2) is 22.3 Å². The Morgan fingerprint density at radius 1 is 1.19 bits per heavy atom. The standard InChI is InChI=1S/C28H30ClN7O10S2/c29-18-14(3-4-16(37)22(18)40)23(41)31-5-8-36(6-1-2-7-36)9-13-11-47-26-20(25(43)35(26)21(13)27(44)45)33-24(42)19(34-46-10-17(38)39)15-12-48-28(30)32-15/h3-4,12,20,26H,1-2,5-11H2,(H7-,30,31,32,33,34,37,38,39,40,41,42,44,45)/p+1. The number of phenols is 2. The maximum atomic E-state index is 13.4. The molecule has 3 amide bonds. The lowest BCUT2D eigenvalue weighted by Gasteiger charge is -2.50. The molecule has 256 valence electrons. The summed E-state index contributed by atoms with van der Waals surface area (Å²) in [6.07, 6.45) is 1.77. The lowest BCUT2D eigenvalue weighted by molar-refractivity contribution is -0.911. The van der Waals surface area contributed by atoms with E-state index in [0.717, 1.165) is 48.2 Å². The summed E-state index contributed by atoms with van der Waals surface area (Å²) in [5.41, 5.74) is 5.66. The number of hydrogen-bond donors (Lipinski definition) is 7. The fourth-order valence-electron chi connectivity index (χ4n) is 5.87. The summed E-state index contributed by atoms with van der Waals surface area (Å²) < 4.78 is 0.474. The fourth-order valence-corrected chi connectivity index (χ4v) is 8.00. The van der Waals surface area contributed by atoms with Crippen LogP contribution in [0.2, 0.25) is 5.02 Å². The molecule has 4 heterocycles. The molecule has 1 aromatic heterocycles. The Bertz CT molecular complexity index is 1730. The Morgan fingerprint density at radius 2 is 1.92 bits per heavy atom. The average Bonchev–Trinajstić information content (AvgIpc) is 3.69. The number of nitrogens with one attached hydrogen (secondary N) is 2. The van der Waals surface area contributed by atoms with Crippen LogP contribution in [0, 0.1) is 0 Å². The second kappa shape index (κ2) is 14.3. The summed E-state index contributed by atoms with van der Waals surface area (Å²) in [6, 6.07) is 1.35. The van der Waals surface area contributed by atoms with Crippen LogP contribution in [0.25, 0.3) is 0 Å². The van der Waals surface area contributed by atoms with Crippen molar-refractivity contribution < 1.29 is 53.7 Å². The van der Waals surface area contributed by atoms with Crippen LogP contribution in [0.3, 0.4) is 0 Å². The molecule has 0 bridgehead atoms. The Balaban J connectivity index is 1.28. The first-order chi connectivity index (χ1) is 22.8. The number of oxime groups is 1. The topological polar surface area (TPSA) is 254 Å². The predicted octanol–water partition coefficient (Wildman–Crippen LogP) is 0.374. The second-order valence-corrected chi connectivity index (χ2v) is 13.6. The maximum absolute atomic E-state index is 13.4. The Morgan fingerprint density at radius 3 is 2.56 bits per heavy atom. The third-order valence-electron chi connectivity index (χ3n) is 8.11. The van der Waals surface area contributed by atoms with E-state index in [1.54, 1.807) is 0 Å². The number of carbonyl (C=O) groups is 5. The number of fused-ring (bicyclic) bond motifs is 1. The minimum atomic E-state index is -1.33. The molecule has 2 fully saturated rings. The first-order valence-corrected chi connectivity index (χ1v) is 16.8. The average molecular weight is 725 g/mol. The lowest BCUT2D eigenvalue weighted by Crippen LogP contribution is -2.71. The van der Waals surface area contributed by atoms with Gasteiger partial charge in [-0.2, -0.15) is 0 Å². The van der Waals surface area contributed by atoms with Gasteiger partial charge in [0, 0.05) is 29.5 Å². The molecule has 0 aliphatic carbocycles. The monoisotopic (exact) mass is 724 g/mol. The van der Waals surface area contributed by atoms with Gasteiger partial charge >= 0.3 is 11.9 Å². The number of phenolic OH excluding ortho intramolecular Hbond substituents is 2. The zero-order valence-electron chi connectivity index (χ0n) is 25.0. The number of thiazole rings is 1. The number of benzene rings is 1. The number of carboxylic acids is 2. The van der Waals surface area contributed by atoms with Crippen LogP contribution in [0.5, 0.6) is 11.5 Å². The predicted molar refractivity (Wildman–Crippen MR) is 172 cm³/mol. The van der Waals surface area contributed by atoms with E-state index < -0.39 is 64.9 Å². The quantitative estimate of drug-likeness (QED) is 0.0485. The van der Waals surface area contributed by atoms with Crippen molar-refractivity contribution >= 4 is 75.2 Å². The minimum Gasteiger partial charge on any atom is -0.504 e. The van der Waals surface area contributed by atoms with Gasteiger partial charge in [0.1, 0.15) is 29.4 Å². The molecular weight excluding hydrogens is 694 g/mol. The minimum absolute atomic E-state index is 0.00820. The molecule has 2 unspecified atom stereocenters. The van der Waals surface area contributed by atoms with Crippen LogP contribution in [-0.2, 0) is 24.0 Å². The number of β-lactam (4-membered cyclic amide) rings is 1. The van der Waals surface area contributed by atoms with Crippen molar-refractivity contribution in [3.8, 4) is 11.5 Å². The molecule has 8 N–H and O–H groups in total. The first-order valence-electron chi connectivity index (χ1n) is 14.5. The molecule has 2 saturated heterocycles. The number of quaternary nitrogens is 1. The molecule has 3 aliphatic rings. The van der Waals surface area contributed by atoms with E-state index in [-0.39, 0.29) is 39.4 Å². The van der Waals surface area contributed by atoms with Gasteiger partial charge in [-0.1, -0.05) is 16.8 Å². The van der Waals surface area contributed by atoms with Gasteiger partial charge in [-0.3, -0.25) is 19.3 Å². The van der Waals surface area contributed by atoms with E-state index >= 15 is 0 Å². The van der Waals surface area contributed by atoms with Crippen LogP contribution < -0.4 is 16.4 Å². The normalized spacial score (nSPS) is 20.1. The third kappa shape index (κ3) is 7.13. The van der Waals surface area contributed by atoms with Gasteiger partial charge in [0.25, 0.3) is 17.7 Å². The molecule has 2 atom stereocenters. The number of anilines is 1. The van der Waals surface area contributed by atoms with Crippen molar-refractivity contribution in [2.45, 2.75) is 24.3 Å². The molecule has 48 heavy (non-hydrogen) atoms. The van der Waals surface area contributed by atoms with Gasteiger partial charge in [-0.25, -0.2) is 14.6 Å². The van der Waals surface area contributed by atoms with Gasteiger partial charge in [0.2, 0.25) is 6.61 Å². The number of carboxylic acid groups (broad SMARTS) is 2. The molecule has 3 aliphatic heterocycles. The number of carbonyl (C=O) groups excluding carboxylic acids is 3. The van der Waals surface area contributed by atoms with Crippen LogP contribution >= 0.6 is 34.7 Å². The lowest BCUT2D eigenvalue weighted by atomic mass is 10.0. The van der Waals surface area contributed by atoms with Crippen molar-refractivity contribution in [3.63, 3.8) is 0 Å². The zero-order chi connectivity index (χ0) is 34.7. The Kier molecular flexibility index (Phi) is 10.3. The van der Waals surface area contributed by atoms with E-state index in [0.29, 0.717) is 23.1 Å². The summed E-state index contributed by atoms with van der Waals surface area (Å²) in [5, 5.41) is 48.0. The number of rotatable bonds is 13. The first kappa shape index (κ1) is 34.7. The zero-order valence-corrected chi connectivity index (χ0v) is 27.4. The van der Waals surface area contributed by atoms with E-state index in [1.807, 2.05) is 0 Å². The summed E-state index contributed by atoms with van der Waals surface area (Å²) in [6.45, 7) is 1.61. The number of aromatic hydroxyl groups is 2. The highest BCUT2D eigenvalue weighted by Crippen LogP contribution is 2.41. The molecule has 20 heteroatoms. The molecule has 0 spiro atoms.